The van der Waals surface area contributed by atoms with Gasteiger partial charge in [0.25, 0.3) is 0 Å². The molecule has 0 atom stereocenters. The van der Waals surface area contributed by atoms with Gasteiger partial charge in [0.2, 0.25) is 0 Å². The Balaban J connectivity index is 0.527. The van der Waals surface area contributed by atoms with E-state index >= 15 is 0 Å². The van der Waals surface area contributed by atoms with Gasteiger partial charge in [-0.05, 0) is 241 Å². The first-order chi connectivity index (χ1) is 73.5. The van der Waals surface area contributed by atoms with Crippen LogP contribution >= 0.6 is 0 Å². The topological polar surface area (TPSA) is 49.3 Å². The van der Waals surface area contributed by atoms with Crippen LogP contribution in [0.5, 0.6) is 0 Å². The fraction of sp³-hybridized carbons (Fsp3) is 0. The second-order valence-corrected chi connectivity index (χ2v) is 39.8. The number of rotatable bonds is 12. The van der Waals surface area contributed by atoms with E-state index in [1.54, 1.807) is 0 Å². The maximum atomic E-state index is 2.56. The number of hydrogen-bond acceptors (Lipinski definition) is 0. The van der Waals surface area contributed by atoms with E-state index in [-0.39, 0.29) is 0 Å². The molecule has 686 valence electrons. The number of aromatic nitrogens is 10. The maximum absolute atomic E-state index is 2.56. The normalized spacial score (nSPS) is 12.3. The molecule has 0 amide bonds. The van der Waals surface area contributed by atoms with Crippen molar-refractivity contribution < 1.29 is 0 Å². The molecule has 0 saturated heterocycles. The first kappa shape index (κ1) is 80.7. The standard InChI is InChI=1S/C138H84N10/c1-2-31-88(32-3-1)139-116-49-19-13-43-105(116)110-79-90(67-73-128(110)139)143-118-51-21-14-44-106(118)111-80-93(70-74-129(111)143)144-126-59-29-16-45-107(126)138-94(46-30-60-133(138)144)85-61-65-89(66-62-85)140-130-75-68-91(141-114-47-17-4-33-95(114)96-34-5-18-48-115(96)141)81-112(130)113-82-92(69-76-131(113)140)142-117-50-20-12-41-103(117)108-77-86(63-71-127(108)142)87-64-72-132-109(78-87)104-42-15-28-58-125(104)148(132)137-84-135(146-121-54-24-8-37-99(121)100-38-9-25-55-122(100)146)134(145-119-52-22-6-35-97(119)98-36-7-23-53-120(98)145)83-136(137)147-123-56-26-10-39-101(123)102-40-11-27-57-124(102)147/h1-84H. The van der Waals surface area contributed by atoms with Crippen LogP contribution in [-0.4, -0.2) is 45.7 Å². The van der Waals surface area contributed by atoms with Crippen LogP contribution in [0.15, 0.2) is 510 Å². The molecule has 10 heterocycles. The van der Waals surface area contributed by atoms with E-state index in [1.807, 2.05) is 0 Å². The Morgan fingerprint density at radius 1 is 0.0946 bits per heavy atom. The molecule has 0 aliphatic heterocycles. The summed E-state index contributed by atoms with van der Waals surface area (Å²) in [5, 5.41) is 24.0. The highest BCUT2D eigenvalue weighted by Gasteiger charge is 2.31. The Kier molecular flexibility index (Phi) is 16.8. The van der Waals surface area contributed by atoms with Crippen LogP contribution in [0.3, 0.4) is 0 Å². The molecule has 0 radical (unpaired) electrons. The number of nitrogens with zero attached hydrogens (tertiary/aromatic N) is 10. The molecule has 10 nitrogen and oxygen atoms in total. The SMILES string of the molecule is c1ccc(-n2c3ccccc3c3cc(-n4c5ccccc5c5cc(-n6c7ccccc7c7c(-c8ccc(-n9c%10ccc(-n%11c%12ccccc%12c%12ccccc%12%11)cc%10c%10cc(-n%11c%12ccccc%12c%12cc(-c%13ccc%14c(c%13)c%13ccccc%13n%14-c%13cc(-n%14c%15ccccc%15c%15ccccc%15%14)c(-n%14c%15ccccc%15c%15ccccc%15%14)cc%13-n%13c%14ccccc%14c%14ccccc%14%13)ccc%12%11)ccc%109)cc8)cccc76)ccc54)ccc32)cc1. The minimum absolute atomic E-state index is 1.05. The smallest absolute Gasteiger partial charge is 0.0725 e. The summed E-state index contributed by atoms with van der Waals surface area (Å²) >= 11 is 0. The lowest BCUT2D eigenvalue weighted by Gasteiger charge is -2.23. The van der Waals surface area contributed by atoms with E-state index < -0.39 is 0 Å². The first-order valence-corrected chi connectivity index (χ1v) is 51.0. The van der Waals surface area contributed by atoms with Gasteiger partial charge in [-0.2, -0.15) is 0 Å². The molecule has 33 rings (SSSR count). The van der Waals surface area contributed by atoms with E-state index in [1.165, 1.54) is 130 Å². The summed E-state index contributed by atoms with van der Waals surface area (Å²) in [6, 6.07) is 191. The van der Waals surface area contributed by atoms with E-state index in [0.717, 1.165) is 167 Å². The van der Waals surface area contributed by atoms with Crippen LogP contribution in [0.1, 0.15) is 0 Å². The minimum Gasteiger partial charge on any atom is -0.309 e. The molecule has 0 spiro atoms. The predicted molar refractivity (Wildman–Crippen MR) is 621 cm³/mol. The van der Waals surface area contributed by atoms with Gasteiger partial charge < -0.3 is 45.7 Å². The van der Waals surface area contributed by atoms with Crippen molar-refractivity contribution in [3.8, 4) is 79.1 Å². The lowest BCUT2D eigenvalue weighted by Crippen LogP contribution is -2.10. The summed E-state index contributed by atoms with van der Waals surface area (Å²) in [4.78, 5) is 0. The number of benzene rings is 23. The lowest BCUT2D eigenvalue weighted by molar-refractivity contribution is 1.04. The Bertz CT molecular complexity index is 11400. The van der Waals surface area contributed by atoms with Gasteiger partial charge in [0, 0.05) is 142 Å². The van der Waals surface area contributed by atoms with Gasteiger partial charge in [-0.1, -0.05) is 291 Å². The molecule has 0 bridgehead atoms. The van der Waals surface area contributed by atoms with E-state index in [4.69, 9.17) is 0 Å². The van der Waals surface area contributed by atoms with Crippen LogP contribution in [0.25, 0.3) is 297 Å². The van der Waals surface area contributed by atoms with Gasteiger partial charge in [0.05, 0.1) is 133 Å². The minimum atomic E-state index is 1.05. The molecule has 0 aliphatic carbocycles. The van der Waals surface area contributed by atoms with Gasteiger partial charge in [-0.25, -0.2) is 0 Å². The van der Waals surface area contributed by atoms with Crippen molar-refractivity contribution in [3.63, 3.8) is 0 Å². The van der Waals surface area contributed by atoms with Crippen LogP contribution < -0.4 is 0 Å². The van der Waals surface area contributed by atoms with Gasteiger partial charge in [0.1, 0.15) is 0 Å². The highest BCUT2D eigenvalue weighted by atomic mass is 15.1. The zero-order valence-electron chi connectivity index (χ0n) is 80.0. The zero-order valence-corrected chi connectivity index (χ0v) is 80.0. The predicted octanol–water partition coefficient (Wildman–Crippen LogP) is 36.0. The summed E-state index contributed by atoms with van der Waals surface area (Å²) in [6.45, 7) is 0. The average molecular weight is 1880 g/mol. The third kappa shape index (κ3) is 11.3. The van der Waals surface area contributed by atoms with Crippen molar-refractivity contribution in [1.29, 1.82) is 0 Å². The van der Waals surface area contributed by atoms with Crippen LogP contribution in [0.2, 0.25) is 0 Å². The second-order valence-electron chi connectivity index (χ2n) is 39.8. The molecule has 10 heteroatoms. The van der Waals surface area contributed by atoms with E-state index in [9.17, 15) is 0 Å². The van der Waals surface area contributed by atoms with Crippen molar-refractivity contribution >= 4 is 218 Å². The molecule has 10 aromatic heterocycles. The fourth-order valence-electron chi connectivity index (χ4n) is 26.1. The molecule has 23 aromatic carbocycles. The molecule has 0 N–H and O–H groups in total. The van der Waals surface area contributed by atoms with Crippen molar-refractivity contribution in [1.82, 2.24) is 45.7 Å². The van der Waals surface area contributed by atoms with Gasteiger partial charge in [-0.3, -0.25) is 0 Å². The Hall–Kier alpha value is -19.9. The fourth-order valence-corrected chi connectivity index (χ4v) is 26.1. The van der Waals surface area contributed by atoms with Crippen molar-refractivity contribution in [2.75, 3.05) is 0 Å². The molecule has 0 fully saturated rings. The van der Waals surface area contributed by atoms with Gasteiger partial charge in [-0.15, -0.1) is 0 Å². The van der Waals surface area contributed by atoms with Crippen molar-refractivity contribution in [2.24, 2.45) is 0 Å². The summed E-state index contributed by atoms with van der Waals surface area (Å²) < 4.78 is 24.9. The number of para-hydroxylation sites is 14. The first-order valence-electron chi connectivity index (χ1n) is 51.0. The van der Waals surface area contributed by atoms with Crippen LogP contribution in [0, 0.1) is 0 Å². The molecule has 0 unspecified atom stereocenters. The Morgan fingerprint density at radius 2 is 0.277 bits per heavy atom. The monoisotopic (exact) mass is 1880 g/mol. The molecule has 33 aromatic rings. The third-order valence-corrected chi connectivity index (χ3v) is 32.3. The maximum Gasteiger partial charge on any atom is 0.0725 e. The Morgan fingerprint density at radius 3 is 0.574 bits per heavy atom. The summed E-state index contributed by atoms with van der Waals surface area (Å²) in [6.07, 6.45) is 0. The van der Waals surface area contributed by atoms with E-state index in [0.29, 0.717) is 0 Å². The quantitative estimate of drug-likeness (QED) is 0.117. The molecular formula is C138H84N10. The lowest BCUT2D eigenvalue weighted by atomic mass is 9.99. The highest BCUT2D eigenvalue weighted by molar-refractivity contribution is 6.22. The number of hydrogen-bond donors (Lipinski definition) is 0. The van der Waals surface area contributed by atoms with Crippen LogP contribution in [0.4, 0.5) is 0 Å². The second kappa shape index (κ2) is 30.8. The molecular weight excluding hydrogens is 1800 g/mol. The van der Waals surface area contributed by atoms with Gasteiger partial charge >= 0.3 is 0 Å². The zero-order chi connectivity index (χ0) is 96.3. The van der Waals surface area contributed by atoms with Crippen molar-refractivity contribution in [3.05, 3.63) is 510 Å². The largest absolute Gasteiger partial charge is 0.309 e. The molecule has 0 saturated carbocycles. The van der Waals surface area contributed by atoms with Crippen LogP contribution in [-0.2, 0) is 0 Å². The van der Waals surface area contributed by atoms with Gasteiger partial charge in [0.15, 0.2) is 0 Å². The van der Waals surface area contributed by atoms with Crippen molar-refractivity contribution in [2.45, 2.75) is 0 Å². The highest BCUT2D eigenvalue weighted by Crippen LogP contribution is 2.51. The molecule has 0 aliphatic rings. The Labute approximate surface area is 846 Å². The summed E-state index contributed by atoms with van der Waals surface area (Å²) in [7, 11) is 0. The third-order valence-electron chi connectivity index (χ3n) is 32.3. The summed E-state index contributed by atoms with van der Waals surface area (Å²) in [5.74, 6) is 0. The average Bonchev–Trinajstić information content (AvgIpc) is 1.55. The summed E-state index contributed by atoms with van der Waals surface area (Å²) in [5.41, 5.74) is 38.4. The number of fused-ring (bicyclic) bond motifs is 30. The molecule has 148 heavy (non-hydrogen) atoms. The van der Waals surface area contributed by atoms with E-state index in [2.05, 4.69) is 555 Å².